The van der Waals surface area contributed by atoms with Gasteiger partial charge >= 0.3 is 0 Å². The molecule has 1 fully saturated rings. The SMILES string of the molecule is CCOc1ncccc1CNC(=O)[C@H]1CC(=O)N(CCN(C)C)C1. The molecule has 0 aliphatic carbocycles. The summed E-state index contributed by atoms with van der Waals surface area (Å²) >= 11 is 0. The van der Waals surface area contributed by atoms with E-state index >= 15 is 0 Å². The van der Waals surface area contributed by atoms with E-state index in [4.69, 9.17) is 4.74 Å². The molecule has 1 N–H and O–H groups in total. The summed E-state index contributed by atoms with van der Waals surface area (Å²) in [7, 11) is 3.93. The van der Waals surface area contributed by atoms with Crippen LogP contribution in [0.3, 0.4) is 0 Å². The maximum absolute atomic E-state index is 12.4. The second-order valence-electron chi connectivity index (χ2n) is 6.16. The molecule has 7 heteroatoms. The van der Waals surface area contributed by atoms with Crippen LogP contribution in [0.25, 0.3) is 0 Å². The van der Waals surface area contributed by atoms with E-state index in [1.165, 1.54) is 0 Å². The Kier molecular flexibility index (Phi) is 6.54. The lowest BCUT2D eigenvalue weighted by atomic mass is 10.1. The molecule has 0 spiro atoms. The zero-order chi connectivity index (χ0) is 17.5. The van der Waals surface area contributed by atoms with Crippen LogP contribution >= 0.6 is 0 Å². The van der Waals surface area contributed by atoms with E-state index in [0.717, 1.165) is 12.1 Å². The highest BCUT2D eigenvalue weighted by Crippen LogP contribution is 2.19. The van der Waals surface area contributed by atoms with Gasteiger partial charge in [-0.2, -0.15) is 0 Å². The molecule has 1 aliphatic rings. The molecular formula is C17H26N4O3. The van der Waals surface area contributed by atoms with Crippen LogP contribution in [-0.2, 0) is 16.1 Å². The van der Waals surface area contributed by atoms with Crippen LogP contribution in [0, 0.1) is 5.92 Å². The number of likely N-dealkylation sites (tertiary alicyclic amines) is 1. The molecule has 1 aliphatic heterocycles. The Morgan fingerprint density at radius 3 is 3.00 bits per heavy atom. The van der Waals surface area contributed by atoms with Gasteiger partial charge in [0.1, 0.15) is 0 Å². The Labute approximate surface area is 143 Å². The van der Waals surface area contributed by atoms with E-state index in [1.54, 1.807) is 11.1 Å². The third-order valence-electron chi connectivity index (χ3n) is 3.99. The summed E-state index contributed by atoms with van der Waals surface area (Å²) in [5.41, 5.74) is 0.835. The van der Waals surface area contributed by atoms with Crippen LogP contribution in [0.1, 0.15) is 18.9 Å². The number of carbonyl (C=O) groups excluding carboxylic acids is 2. The van der Waals surface area contributed by atoms with Crippen molar-refractivity contribution in [1.82, 2.24) is 20.1 Å². The summed E-state index contributed by atoms with van der Waals surface area (Å²) in [6, 6.07) is 3.69. The minimum absolute atomic E-state index is 0.0494. The first-order chi connectivity index (χ1) is 11.5. The molecule has 0 unspecified atom stereocenters. The van der Waals surface area contributed by atoms with Crippen LogP contribution in [0.15, 0.2) is 18.3 Å². The molecule has 24 heavy (non-hydrogen) atoms. The smallest absolute Gasteiger partial charge is 0.225 e. The summed E-state index contributed by atoms with van der Waals surface area (Å²) in [4.78, 5) is 32.3. The van der Waals surface area contributed by atoms with Crippen LogP contribution in [-0.4, -0.2) is 66.9 Å². The van der Waals surface area contributed by atoms with Crippen molar-refractivity contribution in [2.45, 2.75) is 19.9 Å². The van der Waals surface area contributed by atoms with Crippen LogP contribution < -0.4 is 10.1 Å². The zero-order valence-corrected chi connectivity index (χ0v) is 14.6. The van der Waals surface area contributed by atoms with Gasteiger partial charge in [-0.3, -0.25) is 9.59 Å². The third-order valence-corrected chi connectivity index (χ3v) is 3.99. The van der Waals surface area contributed by atoms with Crippen molar-refractivity contribution in [1.29, 1.82) is 0 Å². The summed E-state index contributed by atoms with van der Waals surface area (Å²) in [6.45, 7) is 4.72. The van der Waals surface area contributed by atoms with Crippen LogP contribution in [0.4, 0.5) is 0 Å². The normalized spacial score (nSPS) is 17.4. The molecule has 7 nitrogen and oxygen atoms in total. The second-order valence-corrected chi connectivity index (χ2v) is 6.16. The molecule has 0 bridgehead atoms. The second kappa shape index (κ2) is 8.63. The summed E-state index contributed by atoms with van der Waals surface area (Å²) < 4.78 is 5.45. The lowest BCUT2D eigenvalue weighted by Crippen LogP contribution is -2.35. The fourth-order valence-corrected chi connectivity index (χ4v) is 2.64. The van der Waals surface area contributed by atoms with Crippen molar-refractivity contribution >= 4 is 11.8 Å². The van der Waals surface area contributed by atoms with Crippen molar-refractivity contribution in [2.24, 2.45) is 5.92 Å². The van der Waals surface area contributed by atoms with Gasteiger partial charge in [-0.15, -0.1) is 0 Å². The lowest BCUT2D eigenvalue weighted by molar-refractivity contribution is -0.129. The third kappa shape index (κ3) is 4.92. The lowest BCUT2D eigenvalue weighted by Gasteiger charge is -2.19. The topological polar surface area (TPSA) is 74.8 Å². The average molecular weight is 334 g/mol. The first-order valence-electron chi connectivity index (χ1n) is 8.28. The Morgan fingerprint density at radius 2 is 2.29 bits per heavy atom. The number of pyridine rings is 1. The highest BCUT2D eigenvalue weighted by molar-refractivity contribution is 5.89. The number of aromatic nitrogens is 1. The molecule has 0 radical (unpaired) electrons. The molecule has 132 valence electrons. The van der Waals surface area contributed by atoms with Gasteiger partial charge in [0.25, 0.3) is 0 Å². The van der Waals surface area contributed by atoms with Gasteiger partial charge in [0.15, 0.2) is 0 Å². The Morgan fingerprint density at radius 1 is 1.50 bits per heavy atom. The molecule has 0 aromatic carbocycles. The maximum atomic E-state index is 12.4. The van der Waals surface area contributed by atoms with Gasteiger partial charge in [0, 0.05) is 44.4 Å². The first kappa shape index (κ1) is 18.2. The molecule has 2 amide bonds. The largest absolute Gasteiger partial charge is 0.478 e. The van der Waals surface area contributed by atoms with Gasteiger partial charge in [-0.1, -0.05) is 6.07 Å². The molecule has 1 aromatic heterocycles. The molecule has 2 heterocycles. The number of likely N-dealkylation sites (N-methyl/N-ethyl adjacent to an activating group) is 1. The van der Waals surface area contributed by atoms with Crippen molar-refractivity contribution < 1.29 is 14.3 Å². The average Bonchev–Trinajstić information content (AvgIpc) is 2.93. The molecule has 0 saturated carbocycles. The Balaban J connectivity index is 1.86. The molecular weight excluding hydrogens is 308 g/mol. The van der Waals surface area contributed by atoms with Gasteiger partial charge in [-0.05, 0) is 27.1 Å². The monoisotopic (exact) mass is 334 g/mol. The van der Waals surface area contributed by atoms with Crippen molar-refractivity contribution in [3.05, 3.63) is 23.9 Å². The van der Waals surface area contributed by atoms with Gasteiger partial charge in [0.05, 0.1) is 12.5 Å². The quantitative estimate of drug-likeness (QED) is 0.750. The van der Waals surface area contributed by atoms with E-state index in [9.17, 15) is 9.59 Å². The Bertz CT molecular complexity index is 577. The van der Waals surface area contributed by atoms with Gasteiger partial charge < -0.3 is 19.9 Å². The van der Waals surface area contributed by atoms with Crippen molar-refractivity contribution in [2.75, 3.05) is 40.3 Å². The highest BCUT2D eigenvalue weighted by Gasteiger charge is 2.33. The van der Waals surface area contributed by atoms with Crippen molar-refractivity contribution in [3.8, 4) is 5.88 Å². The number of ether oxygens (including phenoxy) is 1. The Hall–Kier alpha value is -2.15. The first-order valence-corrected chi connectivity index (χ1v) is 8.28. The molecule has 1 aromatic rings. The van der Waals surface area contributed by atoms with Crippen LogP contribution in [0.5, 0.6) is 5.88 Å². The number of nitrogens with one attached hydrogen (secondary N) is 1. The van der Waals surface area contributed by atoms with Crippen molar-refractivity contribution in [3.63, 3.8) is 0 Å². The number of hydrogen-bond acceptors (Lipinski definition) is 5. The minimum atomic E-state index is -0.285. The van der Waals surface area contributed by atoms with Crippen LogP contribution in [0.2, 0.25) is 0 Å². The fraction of sp³-hybridized carbons (Fsp3) is 0.588. The molecule has 1 saturated heterocycles. The minimum Gasteiger partial charge on any atom is -0.478 e. The maximum Gasteiger partial charge on any atom is 0.225 e. The fourth-order valence-electron chi connectivity index (χ4n) is 2.64. The number of nitrogens with zero attached hydrogens (tertiary/aromatic N) is 3. The van der Waals surface area contributed by atoms with E-state index < -0.39 is 0 Å². The summed E-state index contributed by atoms with van der Waals surface area (Å²) in [5.74, 6) is 0.206. The zero-order valence-electron chi connectivity index (χ0n) is 14.6. The standard InChI is InChI=1S/C17H26N4O3/c1-4-24-17-13(6-5-7-18-17)11-19-16(23)14-10-15(22)21(12-14)9-8-20(2)3/h5-7,14H,4,8-12H2,1-3H3,(H,19,23)/t14-/m0/s1. The predicted molar refractivity (Wildman–Crippen MR) is 90.5 cm³/mol. The number of carbonyl (C=O) groups is 2. The summed E-state index contributed by atoms with van der Waals surface area (Å²) in [6.07, 6.45) is 1.94. The number of hydrogen-bond donors (Lipinski definition) is 1. The van der Waals surface area contributed by atoms with E-state index in [0.29, 0.717) is 32.1 Å². The highest BCUT2D eigenvalue weighted by atomic mass is 16.5. The number of rotatable bonds is 8. The van der Waals surface area contributed by atoms with Gasteiger partial charge in [0.2, 0.25) is 17.7 Å². The van der Waals surface area contributed by atoms with Gasteiger partial charge in [-0.25, -0.2) is 4.98 Å². The molecule has 2 rings (SSSR count). The van der Waals surface area contributed by atoms with E-state index in [2.05, 4.69) is 10.3 Å². The van der Waals surface area contributed by atoms with E-state index in [1.807, 2.05) is 38.1 Å². The predicted octanol–water partition coefficient (Wildman–Crippen LogP) is 0.507. The van der Waals surface area contributed by atoms with E-state index in [-0.39, 0.29) is 24.2 Å². The molecule has 1 atom stereocenters. The number of amides is 2. The summed E-state index contributed by atoms with van der Waals surface area (Å²) in [5, 5.41) is 2.90.